The molecule has 2 aliphatic heterocycles. The zero-order valence-corrected chi connectivity index (χ0v) is 22.8. The quantitative estimate of drug-likeness (QED) is 0.332. The van der Waals surface area contributed by atoms with Crippen LogP contribution in [0.3, 0.4) is 0 Å². The van der Waals surface area contributed by atoms with Crippen molar-refractivity contribution in [2.75, 3.05) is 25.9 Å². The molecule has 0 radical (unpaired) electrons. The van der Waals surface area contributed by atoms with E-state index in [1.165, 1.54) is 16.4 Å². The summed E-state index contributed by atoms with van der Waals surface area (Å²) < 4.78 is 41.3. The van der Waals surface area contributed by atoms with Crippen LogP contribution in [0.2, 0.25) is 0 Å². The number of amides is 2. The van der Waals surface area contributed by atoms with E-state index in [0.717, 1.165) is 5.56 Å². The number of ketones is 1. The lowest BCUT2D eigenvalue weighted by Crippen LogP contribution is -2.56. The smallest absolute Gasteiger partial charge is 0.237 e. The SMILES string of the molecule is CNC(C)C(=O)NC(C(=O)CS(=O)(=O)N1CCC2NCC(C(=O)NCc3ccc(F)cc3)C21)C(C)(C)C. The highest BCUT2D eigenvalue weighted by Crippen LogP contribution is 2.32. The first-order chi connectivity index (χ1) is 17.2. The first kappa shape index (κ1) is 29.2. The molecule has 12 heteroatoms. The molecule has 0 bridgehead atoms. The van der Waals surface area contributed by atoms with Crippen LogP contribution in [0, 0.1) is 17.2 Å². The Morgan fingerprint density at radius 3 is 2.43 bits per heavy atom. The van der Waals surface area contributed by atoms with Gasteiger partial charge in [0.25, 0.3) is 0 Å². The number of benzene rings is 1. The fraction of sp³-hybridized carbons (Fsp3) is 0.640. The highest BCUT2D eigenvalue weighted by Gasteiger charge is 2.51. The first-order valence-electron chi connectivity index (χ1n) is 12.5. The average molecular weight is 540 g/mol. The third-order valence-electron chi connectivity index (χ3n) is 7.12. The average Bonchev–Trinajstić information content (AvgIpc) is 3.42. The van der Waals surface area contributed by atoms with Crippen molar-refractivity contribution in [2.24, 2.45) is 11.3 Å². The molecule has 37 heavy (non-hydrogen) atoms. The Morgan fingerprint density at radius 1 is 1.19 bits per heavy atom. The number of hydrogen-bond acceptors (Lipinski definition) is 7. The maximum Gasteiger partial charge on any atom is 0.237 e. The summed E-state index contributed by atoms with van der Waals surface area (Å²) in [4.78, 5) is 38.7. The van der Waals surface area contributed by atoms with Crippen molar-refractivity contribution in [2.45, 2.75) is 64.8 Å². The number of halogens is 1. The van der Waals surface area contributed by atoms with Gasteiger partial charge in [-0.2, -0.15) is 4.31 Å². The van der Waals surface area contributed by atoms with Crippen molar-refractivity contribution < 1.29 is 27.2 Å². The minimum absolute atomic E-state index is 0.191. The Hall–Kier alpha value is -2.41. The van der Waals surface area contributed by atoms with Crippen LogP contribution >= 0.6 is 0 Å². The Labute approximate surface area is 218 Å². The van der Waals surface area contributed by atoms with Gasteiger partial charge in [-0.05, 0) is 43.5 Å². The summed E-state index contributed by atoms with van der Waals surface area (Å²) in [6.45, 7) is 7.64. The van der Waals surface area contributed by atoms with Gasteiger partial charge in [-0.15, -0.1) is 0 Å². The minimum atomic E-state index is -4.06. The van der Waals surface area contributed by atoms with Gasteiger partial charge in [-0.3, -0.25) is 14.4 Å². The molecular weight excluding hydrogens is 501 g/mol. The van der Waals surface area contributed by atoms with E-state index >= 15 is 0 Å². The van der Waals surface area contributed by atoms with Crippen molar-refractivity contribution in [3.05, 3.63) is 35.6 Å². The zero-order valence-electron chi connectivity index (χ0n) is 22.0. The van der Waals surface area contributed by atoms with Crippen LogP contribution in [0.15, 0.2) is 24.3 Å². The van der Waals surface area contributed by atoms with Crippen molar-refractivity contribution in [3.8, 4) is 0 Å². The monoisotopic (exact) mass is 539 g/mol. The third kappa shape index (κ3) is 6.92. The van der Waals surface area contributed by atoms with Gasteiger partial charge < -0.3 is 21.3 Å². The van der Waals surface area contributed by atoms with Gasteiger partial charge in [-0.25, -0.2) is 12.8 Å². The topological polar surface area (TPSA) is 137 Å². The van der Waals surface area contributed by atoms with Crippen LogP contribution in [-0.2, 0) is 31.0 Å². The van der Waals surface area contributed by atoms with Crippen LogP contribution in [0.5, 0.6) is 0 Å². The molecule has 3 rings (SSSR count). The van der Waals surface area contributed by atoms with E-state index < -0.39 is 56.9 Å². The number of fused-ring (bicyclic) bond motifs is 1. The normalized spacial score (nSPS) is 23.8. The maximum atomic E-state index is 13.5. The summed E-state index contributed by atoms with van der Waals surface area (Å²) in [6.07, 6.45) is 0.527. The van der Waals surface area contributed by atoms with E-state index in [9.17, 15) is 27.2 Å². The van der Waals surface area contributed by atoms with Gasteiger partial charge in [0.2, 0.25) is 21.8 Å². The standard InChI is InChI=1S/C25H38FN5O5S/c1-15(27-5)23(33)30-22(25(2,3)4)20(32)14-37(35,36)31-11-10-19-21(31)18(13-28-19)24(34)29-12-16-6-8-17(26)9-7-16/h6-9,15,18-19,21-22,27-28H,10-14H2,1-5H3,(H,29,34)(H,30,33). The fourth-order valence-electron chi connectivity index (χ4n) is 4.91. The van der Waals surface area contributed by atoms with Gasteiger partial charge >= 0.3 is 0 Å². The van der Waals surface area contributed by atoms with E-state index in [0.29, 0.717) is 13.0 Å². The summed E-state index contributed by atoms with van der Waals surface area (Å²) in [5.41, 5.74) is 0.0163. The Balaban J connectivity index is 1.71. The molecular formula is C25H38FN5O5S. The van der Waals surface area contributed by atoms with E-state index in [2.05, 4.69) is 21.3 Å². The van der Waals surface area contributed by atoms with Crippen LogP contribution in [-0.4, -0.2) is 80.4 Å². The Morgan fingerprint density at radius 2 is 1.84 bits per heavy atom. The minimum Gasteiger partial charge on any atom is -0.352 e. The second-order valence-corrected chi connectivity index (χ2v) is 12.8. The predicted octanol–water partition coefficient (Wildman–Crippen LogP) is 0.142. The molecule has 206 valence electrons. The molecule has 4 N–H and O–H groups in total. The van der Waals surface area contributed by atoms with Gasteiger partial charge in [0, 0.05) is 25.7 Å². The van der Waals surface area contributed by atoms with Crippen molar-refractivity contribution >= 4 is 27.6 Å². The lowest BCUT2D eigenvalue weighted by atomic mass is 9.84. The van der Waals surface area contributed by atoms with Crippen molar-refractivity contribution in [1.82, 2.24) is 25.6 Å². The van der Waals surface area contributed by atoms with Crippen LogP contribution in [0.4, 0.5) is 4.39 Å². The van der Waals surface area contributed by atoms with E-state index in [1.54, 1.807) is 46.9 Å². The predicted molar refractivity (Wildman–Crippen MR) is 137 cm³/mol. The molecule has 0 saturated carbocycles. The van der Waals surface area contributed by atoms with Gasteiger partial charge in [0.05, 0.1) is 24.0 Å². The molecule has 1 aromatic carbocycles. The summed E-state index contributed by atoms with van der Waals surface area (Å²) >= 11 is 0. The molecule has 1 aromatic rings. The largest absolute Gasteiger partial charge is 0.352 e. The molecule has 0 spiro atoms. The molecule has 0 aliphatic carbocycles. The number of hydrogen-bond donors (Lipinski definition) is 4. The number of nitrogens with one attached hydrogen (secondary N) is 4. The number of sulfonamides is 1. The molecule has 2 amide bonds. The lowest BCUT2D eigenvalue weighted by Gasteiger charge is -2.32. The van der Waals surface area contributed by atoms with Crippen molar-refractivity contribution in [3.63, 3.8) is 0 Å². The number of rotatable bonds is 10. The van der Waals surface area contributed by atoms with Gasteiger partial charge in [0.15, 0.2) is 5.78 Å². The molecule has 5 unspecified atom stereocenters. The first-order valence-corrected chi connectivity index (χ1v) is 14.1. The number of nitrogens with zero attached hydrogens (tertiary/aromatic N) is 1. The van der Waals surface area contributed by atoms with E-state index in [-0.39, 0.29) is 30.9 Å². The molecule has 2 heterocycles. The molecule has 2 fully saturated rings. The highest BCUT2D eigenvalue weighted by atomic mass is 32.2. The van der Waals surface area contributed by atoms with Gasteiger partial charge in [-0.1, -0.05) is 32.9 Å². The number of carbonyl (C=O) groups is 3. The molecule has 2 aliphatic rings. The second kappa shape index (κ2) is 11.5. The molecule has 5 atom stereocenters. The number of carbonyl (C=O) groups excluding carboxylic acids is 3. The molecule has 0 aromatic heterocycles. The van der Waals surface area contributed by atoms with E-state index in [4.69, 9.17) is 0 Å². The highest BCUT2D eigenvalue weighted by molar-refractivity contribution is 7.89. The second-order valence-electron chi connectivity index (χ2n) is 10.9. The summed E-state index contributed by atoms with van der Waals surface area (Å²) in [5.74, 6) is -3.07. The van der Waals surface area contributed by atoms with E-state index in [1.807, 2.05) is 0 Å². The molecule has 2 saturated heterocycles. The molecule has 10 nitrogen and oxygen atoms in total. The third-order valence-corrected chi connectivity index (χ3v) is 8.91. The Kier molecular flexibility index (Phi) is 9.10. The van der Waals surface area contributed by atoms with Crippen LogP contribution in [0.1, 0.15) is 39.7 Å². The van der Waals surface area contributed by atoms with Crippen molar-refractivity contribution in [1.29, 1.82) is 0 Å². The van der Waals surface area contributed by atoms with Crippen LogP contribution in [0.25, 0.3) is 0 Å². The number of likely N-dealkylation sites (N-methyl/N-ethyl adjacent to an activating group) is 1. The summed E-state index contributed by atoms with van der Waals surface area (Å²) in [5, 5.41) is 11.6. The summed E-state index contributed by atoms with van der Waals surface area (Å²) in [6, 6.07) is 3.41. The lowest BCUT2D eigenvalue weighted by molar-refractivity contribution is -0.130. The van der Waals surface area contributed by atoms with Gasteiger partial charge in [0.1, 0.15) is 11.6 Å². The number of Topliss-reactive ketones (excluding diaryl/α,β-unsaturated/α-hetero) is 1. The fourth-order valence-corrected chi connectivity index (χ4v) is 6.65. The maximum absolute atomic E-state index is 13.5. The Bertz CT molecular complexity index is 1110. The summed E-state index contributed by atoms with van der Waals surface area (Å²) in [7, 11) is -2.44. The van der Waals surface area contributed by atoms with Crippen LogP contribution < -0.4 is 21.3 Å². The zero-order chi connectivity index (χ0) is 27.5.